The van der Waals surface area contributed by atoms with Crippen LogP contribution in [-0.2, 0) is 9.59 Å². The van der Waals surface area contributed by atoms with Crippen molar-refractivity contribution in [1.29, 1.82) is 0 Å². The summed E-state index contributed by atoms with van der Waals surface area (Å²) in [6.07, 6.45) is 0. The van der Waals surface area contributed by atoms with Gasteiger partial charge in [0.05, 0.1) is 0 Å². The van der Waals surface area contributed by atoms with Crippen LogP contribution in [0.3, 0.4) is 0 Å². The van der Waals surface area contributed by atoms with Crippen LogP contribution < -0.4 is 10.6 Å². The fourth-order valence-corrected chi connectivity index (χ4v) is 1.49. The molecule has 0 saturated carbocycles. The second-order valence-corrected chi connectivity index (χ2v) is 5.55. The van der Waals surface area contributed by atoms with E-state index in [4.69, 9.17) is 5.11 Å². The Balaban J connectivity index is 4.23. The van der Waals surface area contributed by atoms with Gasteiger partial charge in [0.15, 0.2) is 0 Å². The van der Waals surface area contributed by atoms with Crippen LogP contribution in [0.1, 0.15) is 20.8 Å². The normalized spacial score (nSPS) is 12.5. The molecule has 1 unspecified atom stereocenters. The minimum absolute atomic E-state index is 0.193. The average molecular weight is 273 g/mol. The molecule has 1 atom stereocenters. The van der Waals surface area contributed by atoms with Crippen molar-refractivity contribution in [1.82, 2.24) is 15.5 Å². The highest BCUT2D eigenvalue weighted by Gasteiger charge is 2.37. The molecular weight excluding hydrogens is 250 g/mol. The van der Waals surface area contributed by atoms with E-state index < -0.39 is 23.2 Å². The molecule has 7 heteroatoms. The Morgan fingerprint density at radius 1 is 1.11 bits per heavy atom. The number of urea groups is 1. The van der Waals surface area contributed by atoms with Crippen LogP contribution >= 0.6 is 0 Å². The summed E-state index contributed by atoms with van der Waals surface area (Å²) in [5.41, 5.74) is -0.664. The van der Waals surface area contributed by atoms with E-state index in [2.05, 4.69) is 10.6 Å². The molecule has 0 aromatic rings. The van der Waals surface area contributed by atoms with Crippen molar-refractivity contribution in [2.24, 2.45) is 11.3 Å². The van der Waals surface area contributed by atoms with Gasteiger partial charge in [-0.15, -0.1) is 0 Å². The highest BCUT2D eigenvalue weighted by molar-refractivity contribution is 5.97. The van der Waals surface area contributed by atoms with E-state index in [9.17, 15) is 14.4 Å². The number of carboxylic acid groups (broad SMARTS) is 1. The number of carbonyl (C=O) groups is 3. The fourth-order valence-electron chi connectivity index (χ4n) is 1.49. The van der Waals surface area contributed by atoms with Gasteiger partial charge in [-0.3, -0.25) is 9.59 Å². The maximum absolute atomic E-state index is 11.8. The summed E-state index contributed by atoms with van der Waals surface area (Å²) >= 11 is 0. The maximum atomic E-state index is 11.8. The standard InChI is InChI=1S/C12H23N3O4/c1-12(2,3)8(10(17)18)9(16)13-6-7-14-11(19)15(4)5/h8H,6-7H2,1-5H3,(H,13,16)(H,14,19)(H,17,18). The van der Waals surface area contributed by atoms with Gasteiger partial charge < -0.3 is 20.6 Å². The lowest BCUT2D eigenvalue weighted by Crippen LogP contribution is -2.45. The highest BCUT2D eigenvalue weighted by atomic mass is 16.4. The van der Waals surface area contributed by atoms with Gasteiger partial charge in [0.2, 0.25) is 5.91 Å². The molecule has 0 aliphatic carbocycles. The largest absolute Gasteiger partial charge is 0.481 e. The number of carboxylic acids is 1. The Labute approximate surface area is 113 Å². The van der Waals surface area contributed by atoms with E-state index in [0.29, 0.717) is 0 Å². The van der Waals surface area contributed by atoms with Crippen molar-refractivity contribution in [3.8, 4) is 0 Å². The molecule has 0 aromatic heterocycles. The first-order valence-electron chi connectivity index (χ1n) is 6.03. The predicted molar refractivity (Wildman–Crippen MR) is 70.7 cm³/mol. The van der Waals surface area contributed by atoms with Gasteiger partial charge in [-0.1, -0.05) is 20.8 Å². The minimum atomic E-state index is -1.15. The number of hydrogen-bond acceptors (Lipinski definition) is 3. The molecule has 0 fully saturated rings. The summed E-state index contributed by atoms with van der Waals surface area (Å²) in [5, 5.41) is 14.1. The average Bonchev–Trinajstić information content (AvgIpc) is 2.21. The van der Waals surface area contributed by atoms with Gasteiger partial charge in [-0.05, 0) is 5.41 Å². The van der Waals surface area contributed by atoms with Gasteiger partial charge >= 0.3 is 12.0 Å². The Morgan fingerprint density at radius 3 is 1.95 bits per heavy atom. The Hall–Kier alpha value is -1.79. The number of aliphatic carboxylic acids is 1. The molecule has 110 valence electrons. The molecule has 0 aliphatic rings. The molecule has 0 saturated heterocycles. The number of rotatable bonds is 5. The molecule has 0 rings (SSSR count). The van der Waals surface area contributed by atoms with Crippen LogP contribution in [0.4, 0.5) is 4.79 Å². The van der Waals surface area contributed by atoms with Gasteiger partial charge in [-0.2, -0.15) is 0 Å². The molecule has 19 heavy (non-hydrogen) atoms. The SMILES string of the molecule is CN(C)C(=O)NCCNC(=O)C(C(=O)O)C(C)(C)C. The number of nitrogens with zero attached hydrogens (tertiary/aromatic N) is 1. The van der Waals surface area contributed by atoms with E-state index in [1.807, 2.05) is 0 Å². The molecular formula is C12H23N3O4. The summed E-state index contributed by atoms with van der Waals surface area (Å²) in [6.45, 7) is 5.52. The van der Waals surface area contributed by atoms with Crippen LogP contribution in [0.25, 0.3) is 0 Å². The summed E-state index contributed by atoms with van der Waals surface area (Å²) in [6, 6.07) is -0.264. The fraction of sp³-hybridized carbons (Fsp3) is 0.750. The molecule has 0 spiro atoms. The third-order valence-electron chi connectivity index (χ3n) is 2.48. The van der Waals surface area contributed by atoms with E-state index in [-0.39, 0.29) is 19.1 Å². The molecule has 0 aromatic carbocycles. The second-order valence-electron chi connectivity index (χ2n) is 5.55. The number of nitrogens with one attached hydrogen (secondary N) is 2. The lowest BCUT2D eigenvalue weighted by molar-refractivity contribution is -0.151. The summed E-state index contributed by atoms with van der Waals surface area (Å²) in [7, 11) is 3.21. The van der Waals surface area contributed by atoms with Crippen molar-refractivity contribution in [3.63, 3.8) is 0 Å². The van der Waals surface area contributed by atoms with Gasteiger partial charge in [0.1, 0.15) is 5.92 Å². The van der Waals surface area contributed by atoms with E-state index >= 15 is 0 Å². The van der Waals surface area contributed by atoms with Crippen molar-refractivity contribution in [2.75, 3.05) is 27.2 Å². The smallest absolute Gasteiger partial charge is 0.316 e. The molecule has 3 amide bonds. The number of carbonyl (C=O) groups excluding carboxylic acids is 2. The van der Waals surface area contributed by atoms with Crippen molar-refractivity contribution >= 4 is 17.9 Å². The number of amides is 3. The highest BCUT2D eigenvalue weighted by Crippen LogP contribution is 2.26. The molecule has 0 bridgehead atoms. The summed E-state index contributed by atoms with van der Waals surface area (Å²) in [5.74, 6) is -2.81. The maximum Gasteiger partial charge on any atom is 0.316 e. The van der Waals surface area contributed by atoms with Crippen LogP contribution in [0.15, 0.2) is 0 Å². The van der Waals surface area contributed by atoms with E-state index in [0.717, 1.165) is 0 Å². The first-order chi connectivity index (χ1) is 8.57. The predicted octanol–water partition coefficient (Wildman–Crippen LogP) is 0.121. The number of hydrogen-bond donors (Lipinski definition) is 3. The quantitative estimate of drug-likeness (QED) is 0.489. The minimum Gasteiger partial charge on any atom is -0.481 e. The lowest BCUT2D eigenvalue weighted by Gasteiger charge is -2.25. The monoisotopic (exact) mass is 273 g/mol. The zero-order chi connectivity index (χ0) is 15.2. The van der Waals surface area contributed by atoms with Gasteiger partial charge in [0, 0.05) is 27.2 Å². The molecule has 7 nitrogen and oxygen atoms in total. The first kappa shape index (κ1) is 17.2. The summed E-state index contributed by atoms with van der Waals surface area (Å²) < 4.78 is 0. The zero-order valence-corrected chi connectivity index (χ0v) is 12.1. The van der Waals surface area contributed by atoms with Crippen LogP contribution in [0.5, 0.6) is 0 Å². The topological polar surface area (TPSA) is 98.7 Å². The van der Waals surface area contributed by atoms with Crippen LogP contribution in [0, 0.1) is 11.3 Å². The van der Waals surface area contributed by atoms with Crippen molar-refractivity contribution in [3.05, 3.63) is 0 Å². The Kier molecular flexibility index (Phi) is 6.31. The van der Waals surface area contributed by atoms with Gasteiger partial charge in [-0.25, -0.2) is 4.79 Å². The van der Waals surface area contributed by atoms with Gasteiger partial charge in [0.25, 0.3) is 0 Å². The Morgan fingerprint density at radius 2 is 1.58 bits per heavy atom. The molecule has 0 heterocycles. The van der Waals surface area contributed by atoms with Crippen molar-refractivity contribution in [2.45, 2.75) is 20.8 Å². The van der Waals surface area contributed by atoms with Crippen molar-refractivity contribution < 1.29 is 19.5 Å². The third-order valence-corrected chi connectivity index (χ3v) is 2.48. The van der Waals surface area contributed by atoms with E-state index in [1.54, 1.807) is 34.9 Å². The first-order valence-corrected chi connectivity index (χ1v) is 6.03. The molecule has 3 N–H and O–H groups in total. The summed E-state index contributed by atoms with van der Waals surface area (Å²) in [4.78, 5) is 35.4. The lowest BCUT2D eigenvalue weighted by atomic mass is 9.80. The second kappa shape index (κ2) is 6.96. The van der Waals surface area contributed by atoms with E-state index in [1.165, 1.54) is 4.90 Å². The van der Waals surface area contributed by atoms with Crippen LogP contribution in [-0.4, -0.2) is 55.1 Å². The molecule has 0 aliphatic heterocycles. The Bertz CT molecular complexity index is 347. The molecule has 0 radical (unpaired) electrons. The zero-order valence-electron chi connectivity index (χ0n) is 12.1. The third kappa shape index (κ3) is 6.08. The van der Waals surface area contributed by atoms with Crippen LogP contribution in [0.2, 0.25) is 0 Å².